The first-order valence-corrected chi connectivity index (χ1v) is 6.06. The number of rotatable bonds is 3. The van der Waals surface area contributed by atoms with Crippen LogP contribution in [0.2, 0.25) is 0 Å². The summed E-state index contributed by atoms with van der Waals surface area (Å²) in [6.07, 6.45) is 3.53. The Morgan fingerprint density at radius 2 is 2.24 bits per heavy atom. The highest BCUT2D eigenvalue weighted by Gasteiger charge is 2.30. The van der Waals surface area contributed by atoms with E-state index in [2.05, 4.69) is 19.2 Å². The van der Waals surface area contributed by atoms with Crippen molar-refractivity contribution in [3.63, 3.8) is 0 Å². The average molecular weight is 233 g/mol. The molecule has 0 aliphatic heterocycles. The Morgan fingerprint density at radius 1 is 1.47 bits per heavy atom. The Labute approximate surface area is 102 Å². The number of carboxylic acids is 1. The molecule has 17 heavy (non-hydrogen) atoms. The molecule has 0 aromatic heterocycles. The molecule has 1 aliphatic carbocycles. The van der Waals surface area contributed by atoms with E-state index in [-0.39, 0.29) is 0 Å². The molecule has 1 fully saturated rings. The molecule has 0 saturated heterocycles. The van der Waals surface area contributed by atoms with E-state index in [9.17, 15) is 4.79 Å². The fraction of sp³-hybridized carbons (Fsp3) is 0.500. The Balaban J connectivity index is 2.04. The molecule has 92 valence electrons. The smallest absolute Gasteiger partial charge is 0.335 e. The zero-order valence-electron chi connectivity index (χ0n) is 10.4. The highest BCUT2D eigenvalue weighted by Crippen LogP contribution is 2.38. The van der Waals surface area contributed by atoms with Crippen molar-refractivity contribution in [2.75, 3.05) is 5.32 Å². The fourth-order valence-electron chi connectivity index (χ4n) is 2.54. The fourth-order valence-corrected chi connectivity index (χ4v) is 2.54. The summed E-state index contributed by atoms with van der Waals surface area (Å²) in [5.74, 6) is -0.875. The first-order valence-electron chi connectivity index (χ1n) is 6.06. The molecule has 1 aliphatic rings. The van der Waals surface area contributed by atoms with Crippen LogP contribution in [0, 0.1) is 5.41 Å². The average Bonchev–Trinajstić information content (AvgIpc) is 2.58. The van der Waals surface area contributed by atoms with Gasteiger partial charge < -0.3 is 10.4 Å². The minimum atomic E-state index is -0.875. The van der Waals surface area contributed by atoms with Crippen molar-refractivity contribution in [3.8, 4) is 0 Å². The van der Waals surface area contributed by atoms with Gasteiger partial charge in [-0.15, -0.1) is 0 Å². The third-order valence-electron chi connectivity index (χ3n) is 3.45. The van der Waals surface area contributed by atoms with E-state index >= 15 is 0 Å². The number of benzene rings is 1. The lowest BCUT2D eigenvalue weighted by atomic mass is 9.92. The lowest BCUT2D eigenvalue weighted by Gasteiger charge is -2.18. The largest absolute Gasteiger partial charge is 0.478 e. The molecule has 1 aromatic rings. The molecule has 0 radical (unpaired) electrons. The van der Waals surface area contributed by atoms with Gasteiger partial charge in [-0.2, -0.15) is 0 Å². The number of hydrogen-bond donors (Lipinski definition) is 2. The van der Waals surface area contributed by atoms with Crippen molar-refractivity contribution >= 4 is 11.7 Å². The normalized spacial score (nSPS) is 22.4. The van der Waals surface area contributed by atoms with Crippen LogP contribution < -0.4 is 5.32 Å². The van der Waals surface area contributed by atoms with Crippen LogP contribution in [0.1, 0.15) is 43.5 Å². The van der Waals surface area contributed by atoms with E-state index in [0.717, 1.165) is 18.5 Å². The van der Waals surface area contributed by atoms with Gasteiger partial charge in [0.1, 0.15) is 0 Å². The van der Waals surface area contributed by atoms with Crippen LogP contribution in [0.4, 0.5) is 5.69 Å². The highest BCUT2D eigenvalue weighted by atomic mass is 16.4. The summed E-state index contributed by atoms with van der Waals surface area (Å²) in [4.78, 5) is 10.9. The van der Waals surface area contributed by atoms with E-state index in [4.69, 9.17) is 5.11 Å². The van der Waals surface area contributed by atoms with E-state index in [1.54, 1.807) is 18.2 Å². The van der Waals surface area contributed by atoms with Crippen molar-refractivity contribution in [3.05, 3.63) is 29.8 Å². The summed E-state index contributed by atoms with van der Waals surface area (Å²) < 4.78 is 0. The minimum absolute atomic E-state index is 0.340. The van der Waals surface area contributed by atoms with Gasteiger partial charge in [0.15, 0.2) is 0 Å². The Hall–Kier alpha value is -1.51. The quantitative estimate of drug-likeness (QED) is 0.841. The predicted molar refractivity (Wildman–Crippen MR) is 68.4 cm³/mol. The number of carbonyl (C=O) groups is 1. The van der Waals surface area contributed by atoms with E-state index in [0.29, 0.717) is 17.0 Å². The van der Waals surface area contributed by atoms with Crippen LogP contribution in [0.5, 0.6) is 0 Å². The van der Waals surface area contributed by atoms with Crippen molar-refractivity contribution in [1.29, 1.82) is 0 Å². The van der Waals surface area contributed by atoms with Gasteiger partial charge in [0.2, 0.25) is 0 Å². The number of aromatic carboxylic acids is 1. The molecule has 2 rings (SSSR count). The molecule has 3 heteroatoms. The predicted octanol–water partition coefficient (Wildman–Crippen LogP) is 3.38. The lowest BCUT2D eigenvalue weighted by molar-refractivity contribution is 0.0697. The van der Waals surface area contributed by atoms with Crippen molar-refractivity contribution < 1.29 is 9.90 Å². The maximum Gasteiger partial charge on any atom is 0.335 e. The lowest BCUT2D eigenvalue weighted by Crippen LogP contribution is -2.17. The third-order valence-corrected chi connectivity index (χ3v) is 3.45. The third kappa shape index (κ3) is 2.99. The van der Waals surface area contributed by atoms with Gasteiger partial charge in [0.05, 0.1) is 5.56 Å². The number of hydrogen-bond acceptors (Lipinski definition) is 2. The maximum absolute atomic E-state index is 10.9. The van der Waals surface area contributed by atoms with Crippen LogP contribution in [-0.2, 0) is 0 Å². The summed E-state index contributed by atoms with van der Waals surface area (Å²) >= 11 is 0. The standard InChI is InChI=1S/C14H19NO2/c1-14(2)7-6-12(9-14)15-11-5-3-4-10(8-11)13(16)17/h3-5,8,12,15H,6-7,9H2,1-2H3,(H,16,17). The van der Waals surface area contributed by atoms with Gasteiger partial charge in [0.25, 0.3) is 0 Å². The second-order valence-corrected chi connectivity index (χ2v) is 5.63. The molecule has 1 saturated carbocycles. The zero-order valence-corrected chi connectivity index (χ0v) is 10.4. The summed E-state index contributed by atoms with van der Waals surface area (Å²) in [7, 11) is 0. The number of anilines is 1. The first-order chi connectivity index (χ1) is 7.96. The molecule has 1 atom stereocenters. The van der Waals surface area contributed by atoms with Crippen molar-refractivity contribution in [2.24, 2.45) is 5.41 Å². The van der Waals surface area contributed by atoms with Crippen molar-refractivity contribution in [2.45, 2.75) is 39.2 Å². The molecule has 0 spiro atoms. The van der Waals surface area contributed by atoms with Gasteiger partial charge in [-0.1, -0.05) is 19.9 Å². The van der Waals surface area contributed by atoms with Crippen LogP contribution in [0.15, 0.2) is 24.3 Å². The number of carboxylic acid groups (broad SMARTS) is 1. The molecule has 0 amide bonds. The minimum Gasteiger partial charge on any atom is -0.478 e. The van der Waals surface area contributed by atoms with Crippen molar-refractivity contribution in [1.82, 2.24) is 0 Å². The molecule has 1 aromatic carbocycles. The molecule has 3 nitrogen and oxygen atoms in total. The van der Waals surface area contributed by atoms with E-state index in [1.807, 2.05) is 6.07 Å². The van der Waals surface area contributed by atoms with Gasteiger partial charge in [-0.3, -0.25) is 0 Å². The Morgan fingerprint density at radius 3 is 2.82 bits per heavy atom. The van der Waals surface area contributed by atoms with Gasteiger partial charge in [-0.05, 0) is 42.9 Å². The van der Waals surface area contributed by atoms with E-state index < -0.39 is 5.97 Å². The monoisotopic (exact) mass is 233 g/mol. The topological polar surface area (TPSA) is 49.3 Å². The Kier molecular flexibility index (Phi) is 3.09. The zero-order chi connectivity index (χ0) is 12.5. The van der Waals surface area contributed by atoms with Gasteiger partial charge >= 0.3 is 5.97 Å². The molecule has 0 heterocycles. The van der Waals surface area contributed by atoms with Gasteiger partial charge in [0, 0.05) is 11.7 Å². The molecule has 0 bridgehead atoms. The highest BCUT2D eigenvalue weighted by molar-refractivity contribution is 5.88. The molecule has 2 N–H and O–H groups in total. The van der Waals surface area contributed by atoms with Crippen LogP contribution in [0.3, 0.4) is 0 Å². The van der Waals surface area contributed by atoms with Crippen LogP contribution in [0.25, 0.3) is 0 Å². The first kappa shape index (κ1) is 12.0. The summed E-state index contributed by atoms with van der Waals surface area (Å²) in [6, 6.07) is 7.50. The second kappa shape index (κ2) is 4.40. The Bertz CT molecular complexity index is 426. The maximum atomic E-state index is 10.9. The summed E-state index contributed by atoms with van der Waals surface area (Å²) in [5, 5.41) is 12.4. The molecular weight excluding hydrogens is 214 g/mol. The summed E-state index contributed by atoms with van der Waals surface area (Å²) in [6.45, 7) is 4.56. The second-order valence-electron chi connectivity index (χ2n) is 5.63. The van der Waals surface area contributed by atoms with Crippen LogP contribution >= 0.6 is 0 Å². The molecular formula is C14H19NO2. The summed E-state index contributed by atoms with van der Waals surface area (Å²) in [5.41, 5.74) is 1.65. The van der Waals surface area contributed by atoms with Gasteiger partial charge in [-0.25, -0.2) is 4.79 Å². The van der Waals surface area contributed by atoms with E-state index in [1.165, 1.54) is 6.42 Å². The number of nitrogens with one attached hydrogen (secondary N) is 1. The SMILES string of the molecule is CC1(C)CCC(Nc2cccc(C(=O)O)c2)C1. The van der Waals surface area contributed by atoms with Crippen LogP contribution in [-0.4, -0.2) is 17.1 Å². The molecule has 1 unspecified atom stereocenters.